The monoisotopic (exact) mass is 834 g/mol. The van der Waals surface area contributed by atoms with Gasteiger partial charge < -0.3 is 5.32 Å². The van der Waals surface area contributed by atoms with E-state index < -0.39 is 22.4 Å². The van der Waals surface area contributed by atoms with Crippen LogP contribution in [0, 0.1) is 0 Å². The molecule has 0 radical (unpaired) electrons. The highest BCUT2D eigenvalue weighted by Gasteiger charge is 2.61. The normalized spacial score (nSPS) is 19.0. The number of carbonyl (C=O) groups excluding carboxylic acids is 4. The molecule has 9 nitrogen and oxygen atoms in total. The molecule has 1 atom stereocenters. The van der Waals surface area contributed by atoms with Crippen molar-refractivity contribution in [2.45, 2.75) is 22.0 Å². The van der Waals surface area contributed by atoms with E-state index in [4.69, 9.17) is 49.6 Å². The summed E-state index contributed by atoms with van der Waals surface area (Å²) < 4.78 is 14.8. The van der Waals surface area contributed by atoms with Gasteiger partial charge in [0.2, 0.25) is 0 Å². The molecule has 58 heavy (non-hydrogen) atoms. The highest BCUT2D eigenvalue weighted by Crippen LogP contribution is 2.62. The number of hydrogen-bond acceptors (Lipinski definition) is 9. The number of nitrogens with zero attached hydrogens (tertiary/aromatic N) is 1. The molecule has 6 aromatic carbocycles. The number of halogens is 3. The largest absolute Gasteiger partial charge is 0.354 e. The topological polar surface area (TPSA) is 135 Å². The highest BCUT2D eigenvalue weighted by atomic mass is 35.5. The van der Waals surface area contributed by atoms with Gasteiger partial charge in [-0.15, -0.1) is 0 Å². The molecule has 1 unspecified atom stereocenters. The smallest absolute Gasteiger partial charge is 0.287 e. The second-order valence-electron chi connectivity index (χ2n) is 15.0. The minimum absolute atomic E-state index is 0.0261. The third kappa shape index (κ3) is 3.86. The summed E-state index contributed by atoms with van der Waals surface area (Å²) in [7, 11) is -1.90. The van der Waals surface area contributed by atoms with E-state index in [0.717, 1.165) is 11.1 Å². The summed E-state index contributed by atoms with van der Waals surface area (Å²) >= 11 is 21.9. The van der Waals surface area contributed by atoms with Crippen LogP contribution in [0.1, 0.15) is 48.5 Å². The average Bonchev–Trinajstić information content (AvgIpc) is 3.94. The van der Waals surface area contributed by atoms with Crippen LogP contribution in [0.25, 0.3) is 55.0 Å². The van der Waals surface area contributed by atoms with Gasteiger partial charge in [-0.25, -0.2) is 9.19 Å². The van der Waals surface area contributed by atoms with Gasteiger partial charge in [0.1, 0.15) is 0 Å². The molecule has 3 heterocycles. The lowest BCUT2D eigenvalue weighted by molar-refractivity contribution is -0.114. The van der Waals surface area contributed by atoms with Crippen molar-refractivity contribution in [2.24, 2.45) is 0 Å². The van der Waals surface area contributed by atoms with E-state index in [9.17, 15) is 23.4 Å². The maximum atomic E-state index is 14.8. The van der Waals surface area contributed by atoms with E-state index in [1.165, 1.54) is 18.2 Å². The predicted octanol–water partition coefficient (Wildman–Crippen LogP) is 8.55. The van der Waals surface area contributed by atoms with Gasteiger partial charge in [0.05, 0.1) is 63.6 Å². The van der Waals surface area contributed by atoms with Gasteiger partial charge in [0.25, 0.3) is 5.79 Å². The van der Waals surface area contributed by atoms with Crippen LogP contribution in [0.3, 0.4) is 0 Å². The van der Waals surface area contributed by atoms with Crippen molar-refractivity contribution in [1.82, 2.24) is 4.98 Å². The molecule has 1 saturated heterocycles. The number of ketones is 4. The number of rotatable bonds is 2. The molecular formula is C45H17Cl3N2O7S. The van der Waals surface area contributed by atoms with Gasteiger partial charge in [0.15, 0.2) is 23.1 Å². The van der Waals surface area contributed by atoms with E-state index in [0.29, 0.717) is 92.0 Å². The summed E-state index contributed by atoms with van der Waals surface area (Å²) in [6.07, 6.45) is 6.29. The Hall–Kier alpha value is -5.85. The van der Waals surface area contributed by atoms with Crippen molar-refractivity contribution in [3.05, 3.63) is 149 Å². The molecule has 1 fully saturated rings. The highest BCUT2D eigenvalue weighted by molar-refractivity contribution is 7.86. The molecule has 4 aliphatic carbocycles. The maximum Gasteiger partial charge on any atom is 0.287 e. The van der Waals surface area contributed by atoms with Gasteiger partial charge in [-0.1, -0.05) is 77.3 Å². The van der Waals surface area contributed by atoms with Gasteiger partial charge >= 0.3 is 0 Å². The molecule has 7 aromatic rings. The molecule has 1 N–H and O–H groups in total. The molecule has 1 spiro atoms. The molecule has 0 bridgehead atoms. The fourth-order valence-electron chi connectivity index (χ4n) is 9.61. The third-order valence-corrected chi connectivity index (χ3v) is 14.9. The second-order valence-corrected chi connectivity index (χ2v) is 17.5. The van der Waals surface area contributed by atoms with Gasteiger partial charge in [-0.05, 0) is 52.8 Å². The average molecular weight is 836 g/mol. The molecule has 1 aromatic heterocycles. The molecule has 276 valence electrons. The Labute approximate surface area is 342 Å². The predicted molar refractivity (Wildman–Crippen MR) is 219 cm³/mol. The molecular weight excluding hydrogens is 819 g/mol. The van der Waals surface area contributed by atoms with E-state index in [1.54, 1.807) is 54.6 Å². The lowest BCUT2D eigenvalue weighted by Gasteiger charge is -2.30. The van der Waals surface area contributed by atoms with E-state index in [2.05, 4.69) is 5.32 Å². The molecule has 13 heteroatoms. The van der Waals surface area contributed by atoms with E-state index >= 15 is 0 Å². The number of nitrogens with one attached hydrogen (secondary N) is 1. The Morgan fingerprint density at radius 1 is 0.741 bits per heavy atom. The molecule has 0 amide bonds. The van der Waals surface area contributed by atoms with Crippen LogP contribution in [0.2, 0.25) is 15.1 Å². The number of carbonyl (C=O) groups is 4. The molecule has 2 aliphatic heterocycles. The van der Waals surface area contributed by atoms with Gasteiger partial charge in [0, 0.05) is 78.2 Å². The summed E-state index contributed by atoms with van der Waals surface area (Å²) in [6.45, 7) is 0. The molecule has 6 aliphatic rings. The second kappa shape index (κ2) is 10.8. The summed E-state index contributed by atoms with van der Waals surface area (Å²) in [5.74, 6) is -2.74. The van der Waals surface area contributed by atoms with Crippen LogP contribution in [0.4, 0.5) is 5.69 Å². The lowest BCUT2D eigenvalue weighted by Crippen LogP contribution is -2.32. The maximum absolute atomic E-state index is 14.8. The zero-order valence-electron chi connectivity index (χ0n) is 29.1. The van der Waals surface area contributed by atoms with Crippen molar-refractivity contribution < 1.29 is 33.2 Å². The van der Waals surface area contributed by atoms with Crippen molar-refractivity contribution in [3.8, 4) is 0 Å². The van der Waals surface area contributed by atoms with Gasteiger partial charge in [-0.2, -0.15) is 9.78 Å². The summed E-state index contributed by atoms with van der Waals surface area (Å²) in [6, 6.07) is 17.2. The van der Waals surface area contributed by atoms with Crippen molar-refractivity contribution >= 4 is 129 Å². The van der Waals surface area contributed by atoms with Crippen molar-refractivity contribution in [3.63, 3.8) is 0 Å². The van der Waals surface area contributed by atoms with Crippen LogP contribution in [-0.2, 0) is 42.4 Å². The quantitative estimate of drug-likeness (QED) is 0.0787. The fourth-order valence-corrected chi connectivity index (χ4v) is 12.4. The minimum Gasteiger partial charge on any atom is -0.354 e. The number of pyridine rings is 1. The molecule has 13 rings (SSSR count). The van der Waals surface area contributed by atoms with E-state index in [1.807, 2.05) is 12.1 Å². The fraction of sp³-hybridized carbons (Fsp3) is 0.0444. The lowest BCUT2D eigenvalue weighted by atomic mass is 9.77. The first kappa shape index (κ1) is 33.2. The number of hydrogen-bond donors (Lipinski definition) is 1. The number of aromatic nitrogens is 1. The van der Waals surface area contributed by atoms with Crippen LogP contribution in [0.15, 0.2) is 100.0 Å². The third-order valence-electron chi connectivity index (χ3n) is 12.0. The minimum atomic E-state index is -1.90. The van der Waals surface area contributed by atoms with Crippen LogP contribution in [-0.4, -0.2) is 32.3 Å². The van der Waals surface area contributed by atoms with Crippen LogP contribution >= 0.6 is 34.8 Å². The Kier molecular flexibility index (Phi) is 6.17. The van der Waals surface area contributed by atoms with Crippen LogP contribution in [0.5, 0.6) is 0 Å². The Bertz CT molecular complexity index is 3600. The SMILES string of the molecule is O=C1C=C(Nc2cccc3c2C(=O)c2ccccc2C3=O)C2=c3cc(Cl)c4nc5c6cc7c(cc6c(Cl)c6c5c5c(c(Cl)c(c3c45)C3(OO3)C2=C1)S6=O)C=CC(=O)C7. The van der Waals surface area contributed by atoms with Gasteiger partial charge in [-0.3, -0.25) is 19.2 Å². The zero-order valence-corrected chi connectivity index (χ0v) is 32.2. The number of benzene rings is 6. The Morgan fingerprint density at radius 3 is 2.29 bits per heavy atom. The summed E-state index contributed by atoms with van der Waals surface area (Å²) in [5, 5.41) is 8.06. The summed E-state index contributed by atoms with van der Waals surface area (Å²) in [5.41, 5.74) is 5.30. The van der Waals surface area contributed by atoms with Crippen molar-refractivity contribution in [2.75, 3.05) is 5.32 Å². The number of fused-ring (bicyclic) bond motifs is 8. The van der Waals surface area contributed by atoms with E-state index in [-0.39, 0.29) is 55.5 Å². The standard InChI is InChI=1S/C45H17Cl3N2O7S/c46-27-15-25-30-26(13-19(52)14-29(30)49-28-7-3-6-22-31(28)42(54)21-5-2-1-4-20(21)41(22)53)45(56-57-45)36-32(25)33-34-35-39(50-40(27)33)24-12-17-10-18(51)9-8-16(17)11-23(24)37(47)44(35)58(55)43(34)38(36)48/h1-9,11-15,49H,10H2. The first-order valence-electron chi connectivity index (χ1n) is 18.1. The summed E-state index contributed by atoms with van der Waals surface area (Å²) in [4.78, 5) is 71.2. The van der Waals surface area contributed by atoms with Crippen LogP contribution < -0.4 is 10.5 Å². The molecule has 0 saturated carbocycles. The number of allylic oxidation sites excluding steroid dienone is 4. The Morgan fingerprint density at radius 2 is 1.50 bits per heavy atom. The Balaban J connectivity index is 1.13. The first-order chi connectivity index (χ1) is 28.1. The zero-order chi connectivity index (χ0) is 39.3. The number of anilines is 1. The first-order valence-corrected chi connectivity index (χ1v) is 20.3. The van der Waals surface area contributed by atoms with Crippen molar-refractivity contribution in [1.29, 1.82) is 0 Å².